The molecule has 172 valence electrons. The molecule has 2 aliphatic carbocycles. The summed E-state index contributed by atoms with van der Waals surface area (Å²) in [6.45, 7) is 7.75. The van der Waals surface area contributed by atoms with E-state index in [1.807, 2.05) is 34.3 Å². The molecule has 0 radical (unpaired) electrons. The van der Waals surface area contributed by atoms with Crippen LogP contribution < -0.4 is 0 Å². The first kappa shape index (κ1) is 21.8. The number of nitrogens with zero attached hydrogens (tertiary/aromatic N) is 4. The maximum absolute atomic E-state index is 14.1. The minimum Gasteiger partial charge on any atom is -0.331 e. The van der Waals surface area contributed by atoms with Gasteiger partial charge in [-0.25, -0.2) is 4.98 Å². The van der Waals surface area contributed by atoms with Crippen LogP contribution in [-0.2, 0) is 13.0 Å². The highest BCUT2D eigenvalue weighted by Gasteiger charge is 2.38. The summed E-state index contributed by atoms with van der Waals surface area (Å²) in [7, 11) is 0. The molecule has 1 aromatic carbocycles. The SMILES string of the molecule is C=CN(CC1(C)CCCC1)/N=C\Cc1ccc(F)nc1-c1ccc2c(c1)C(=O)N(C1CC1)C2. The van der Waals surface area contributed by atoms with E-state index < -0.39 is 5.95 Å². The fourth-order valence-corrected chi connectivity index (χ4v) is 5.21. The zero-order chi connectivity index (χ0) is 23.0. The average molecular weight is 447 g/mol. The van der Waals surface area contributed by atoms with Crippen molar-refractivity contribution in [1.29, 1.82) is 0 Å². The molecule has 3 aliphatic rings. The number of fused-ring (bicyclic) bond motifs is 1. The van der Waals surface area contributed by atoms with E-state index in [1.54, 1.807) is 12.3 Å². The van der Waals surface area contributed by atoms with Gasteiger partial charge in [-0.3, -0.25) is 9.80 Å². The maximum Gasteiger partial charge on any atom is 0.254 e. The van der Waals surface area contributed by atoms with Crippen molar-refractivity contribution in [2.75, 3.05) is 6.54 Å². The van der Waals surface area contributed by atoms with Gasteiger partial charge in [0.05, 0.1) is 5.69 Å². The van der Waals surface area contributed by atoms with E-state index in [9.17, 15) is 9.18 Å². The van der Waals surface area contributed by atoms with E-state index in [4.69, 9.17) is 0 Å². The lowest BCUT2D eigenvalue weighted by Gasteiger charge is -2.28. The Hall–Kier alpha value is -3.02. The molecule has 0 spiro atoms. The second-order valence-corrected chi connectivity index (χ2v) is 9.98. The number of pyridine rings is 1. The number of benzene rings is 1. The fourth-order valence-electron chi connectivity index (χ4n) is 5.21. The van der Waals surface area contributed by atoms with E-state index in [-0.39, 0.29) is 11.3 Å². The van der Waals surface area contributed by atoms with Crippen molar-refractivity contribution in [1.82, 2.24) is 14.9 Å². The molecule has 2 heterocycles. The number of rotatable bonds is 8. The number of halogens is 1. The van der Waals surface area contributed by atoms with Gasteiger partial charge in [0, 0.05) is 49.1 Å². The smallest absolute Gasteiger partial charge is 0.254 e. The first-order valence-electron chi connectivity index (χ1n) is 12.0. The number of hydrazone groups is 1. The van der Waals surface area contributed by atoms with Crippen LogP contribution in [0.2, 0.25) is 0 Å². The standard InChI is InChI=1S/C27H31FN4O/c1-3-31(18-27(2)13-4-5-14-27)29-15-12-19-8-11-24(28)30-25(19)20-6-7-21-17-32(22-9-10-22)26(33)23(21)16-20/h3,6-8,11,15-16,22H,1,4-5,9-10,12-14,17-18H2,2H3/b29-15-. The van der Waals surface area contributed by atoms with E-state index in [0.717, 1.165) is 36.1 Å². The predicted octanol–water partition coefficient (Wildman–Crippen LogP) is 5.56. The van der Waals surface area contributed by atoms with E-state index in [1.165, 1.54) is 31.7 Å². The van der Waals surface area contributed by atoms with Crippen LogP contribution in [0, 0.1) is 11.4 Å². The van der Waals surface area contributed by atoms with Gasteiger partial charge in [0.25, 0.3) is 5.91 Å². The van der Waals surface area contributed by atoms with Crippen molar-refractivity contribution in [3.8, 4) is 11.3 Å². The normalized spacial score (nSPS) is 19.3. The summed E-state index contributed by atoms with van der Waals surface area (Å²) in [5, 5.41) is 6.52. The largest absolute Gasteiger partial charge is 0.331 e. The zero-order valence-corrected chi connectivity index (χ0v) is 19.3. The zero-order valence-electron chi connectivity index (χ0n) is 19.3. The van der Waals surface area contributed by atoms with Crippen LogP contribution in [0.25, 0.3) is 11.3 Å². The van der Waals surface area contributed by atoms with Crippen LogP contribution in [0.4, 0.5) is 4.39 Å². The number of hydrogen-bond donors (Lipinski definition) is 0. The summed E-state index contributed by atoms with van der Waals surface area (Å²) in [5.74, 6) is -0.449. The van der Waals surface area contributed by atoms with Gasteiger partial charge in [0.1, 0.15) is 0 Å². The van der Waals surface area contributed by atoms with Crippen LogP contribution >= 0.6 is 0 Å². The van der Waals surface area contributed by atoms with Crippen LogP contribution in [0.15, 0.2) is 48.2 Å². The second-order valence-electron chi connectivity index (χ2n) is 9.98. The molecule has 0 bridgehead atoms. The Morgan fingerprint density at radius 1 is 1.27 bits per heavy atom. The molecular weight excluding hydrogens is 415 g/mol. The van der Waals surface area contributed by atoms with E-state index in [2.05, 4.69) is 23.6 Å². The van der Waals surface area contributed by atoms with Gasteiger partial charge in [-0.1, -0.05) is 44.5 Å². The van der Waals surface area contributed by atoms with Crippen molar-refractivity contribution < 1.29 is 9.18 Å². The summed E-state index contributed by atoms with van der Waals surface area (Å²) in [5.41, 5.74) is 4.24. The molecule has 5 rings (SSSR count). The van der Waals surface area contributed by atoms with E-state index in [0.29, 0.717) is 30.3 Å². The third kappa shape index (κ3) is 4.56. The summed E-state index contributed by atoms with van der Waals surface area (Å²) in [4.78, 5) is 19.0. The Kier molecular flexibility index (Phi) is 5.77. The summed E-state index contributed by atoms with van der Waals surface area (Å²) in [6, 6.07) is 9.32. The fraction of sp³-hybridized carbons (Fsp3) is 0.444. The molecule has 2 aromatic rings. The van der Waals surface area contributed by atoms with Gasteiger partial charge in [0.2, 0.25) is 5.95 Å². The predicted molar refractivity (Wildman–Crippen MR) is 128 cm³/mol. The molecular formula is C27H31FN4O. The molecule has 6 heteroatoms. The van der Waals surface area contributed by atoms with Gasteiger partial charge in [-0.2, -0.15) is 9.49 Å². The first-order chi connectivity index (χ1) is 16.0. The highest BCUT2D eigenvalue weighted by molar-refractivity contribution is 6.00. The van der Waals surface area contributed by atoms with Crippen molar-refractivity contribution in [2.24, 2.45) is 10.5 Å². The molecule has 1 amide bonds. The molecule has 33 heavy (non-hydrogen) atoms. The number of amides is 1. The van der Waals surface area contributed by atoms with Crippen molar-refractivity contribution in [3.63, 3.8) is 0 Å². The lowest BCUT2D eigenvalue weighted by Crippen LogP contribution is -2.27. The molecule has 1 aromatic heterocycles. The lowest BCUT2D eigenvalue weighted by molar-refractivity contribution is 0.0766. The second kappa shape index (κ2) is 8.73. The molecule has 2 fully saturated rings. The topological polar surface area (TPSA) is 48.8 Å². The Morgan fingerprint density at radius 2 is 2.06 bits per heavy atom. The van der Waals surface area contributed by atoms with Crippen LogP contribution in [0.1, 0.15) is 66.9 Å². The highest BCUT2D eigenvalue weighted by Crippen LogP contribution is 2.38. The van der Waals surface area contributed by atoms with Crippen molar-refractivity contribution >= 4 is 12.1 Å². The molecule has 0 saturated heterocycles. The molecule has 2 saturated carbocycles. The van der Waals surface area contributed by atoms with Crippen LogP contribution in [-0.4, -0.2) is 39.6 Å². The Balaban J connectivity index is 1.35. The number of carbonyl (C=O) groups excluding carboxylic acids is 1. The third-order valence-electron chi connectivity index (χ3n) is 7.25. The minimum absolute atomic E-state index is 0.0795. The quantitative estimate of drug-likeness (QED) is 0.303. The summed E-state index contributed by atoms with van der Waals surface area (Å²) in [6.07, 6.45) is 11.3. The van der Waals surface area contributed by atoms with Crippen LogP contribution in [0.3, 0.4) is 0 Å². The van der Waals surface area contributed by atoms with E-state index >= 15 is 0 Å². The summed E-state index contributed by atoms with van der Waals surface area (Å²) >= 11 is 0. The first-order valence-corrected chi connectivity index (χ1v) is 12.0. The van der Waals surface area contributed by atoms with Crippen LogP contribution in [0.5, 0.6) is 0 Å². The Bertz CT molecular complexity index is 1100. The minimum atomic E-state index is -0.529. The van der Waals surface area contributed by atoms with Crippen molar-refractivity contribution in [2.45, 2.75) is 64.5 Å². The summed E-state index contributed by atoms with van der Waals surface area (Å²) < 4.78 is 14.1. The molecule has 1 aliphatic heterocycles. The van der Waals surface area contributed by atoms with Gasteiger partial charge >= 0.3 is 0 Å². The van der Waals surface area contributed by atoms with Gasteiger partial charge in [-0.15, -0.1) is 0 Å². The number of aromatic nitrogens is 1. The maximum atomic E-state index is 14.1. The van der Waals surface area contributed by atoms with Crippen molar-refractivity contribution in [3.05, 3.63) is 65.7 Å². The molecule has 0 atom stereocenters. The molecule has 0 unspecified atom stereocenters. The molecule has 0 N–H and O–H groups in total. The highest BCUT2D eigenvalue weighted by atomic mass is 19.1. The Labute approximate surface area is 195 Å². The van der Waals surface area contributed by atoms with Gasteiger partial charge in [-0.05, 0) is 54.4 Å². The van der Waals surface area contributed by atoms with Gasteiger partial charge in [0.15, 0.2) is 0 Å². The number of carbonyl (C=O) groups is 1. The lowest BCUT2D eigenvalue weighted by atomic mass is 9.89. The van der Waals surface area contributed by atoms with Gasteiger partial charge < -0.3 is 4.90 Å². The Morgan fingerprint density at radius 3 is 2.79 bits per heavy atom. The number of hydrogen-bond acceptors (Lipinski definition) is 4. The monoisotopic (exact) mass is 446 g/mol. The average Bonchev–Trinajstić information content (AvgIpc) is 3.49. The third-order valence-corrected chi connectivity index (χ3v) is 7.25. The molecule has 5 nitrogen and oxygen atoms in total.